The first kappa shape index (κ1) is 14.6. The third-order valence-corrected chi connectivity index (χ3v) is 3.42. The summed E-state index contributed by atoms with van der Waals surface area (Å²) < 4.78 is 0. The second-order valence-corrected chi connectivity index (χ2v) is 4.05. The molecule has 0 saturated heterocycles. The van der Waals surface area contributed by atoms with E-state index in [4.69, 9.17) is 0 Å². The van der Waals surface area contributed by atoms with Crippen LogP contribution in [0.15, 0.2) is 24.3 Å². The Bertz CT molecular complexity index is 455. The fourth-order valence-corrected chi connectivity index (χ4v) is 2.10. The van der Waals surface area contributed by atoms with E-state index in [0.717, 1.165) is 0 Å². The van der Waals surface area contributed by atoms with E-state index < -0.39 is 0 Å². The molecular weight excluding hydrogens is 196 g/mol. The zero-order valence-corrected chi connectivity index (χ0v) is 10.7. The fourth-order valence-electron chi connectivity index (χ4n) is 2.10. The predicted molar refractivity (Wildman–Crippen MR) is 72.9 cm³/mol. The van der Waals surface area contributed by atoms with Gasteiger partial charge in [-0.1, -0.05) is 24.3 Å². The van der Waals surface area contributed by atoms with Crippen molar-refractivity contribution in [2.45, 2.75) is 27.7 Å². The van der Waals surface area contributed by atoms with E-state index in [1.54, 1.807) is 0 Å². The monoisotopic (exact) mass is 218 g/mol. The highest BCUT2D eigenvalue weighted by atomic mass is 14.1. The zero-order chi connectivity index (χ0) is 10.3. The summed E-state index contributed by atoms with van der Waals surface area (Å²) in [6.45, 7) is 8.85. The van der Waals surface area contributed by atoms with E-state index in [9.17, 15) is 0 Å². The predicted octanol–water partition coefficient (Wildman–Crippen LogP) is 4.40. The highest BCUT2D eigenvalue weighted by molar-refractivity contribution is 5.90. The lowest BCUT2D eigenvalue weighted by atomic mass is 9.92. The standard InChI is InChI=1S/C14H16.2H3N/c1-9-10(2)12(4)14-8-6-5-7-13(14)11(9)3;;/h5-8H,1-4H3;2*1H3. The molecular formula is C14H22N2. The van der Waals surface area contributed by atoms with Crippen LogP contribution >= 0.6 is 0 Å². The summed E-state index contributed by atoms with van der Waals surface area (Å²) in [6.07, 6.45) is 0. The average molecular weight is 218 g/mol. The molecule has 0 unspecified atom stereocenters. The van der Waals surface area contributed by atoms with Crippen molar-refractivity contribution in [2.75, 3.05) is 0 Å². The van der Waals surface area contributed by atoms with E-state index in [2.05, 4.69) is 52.0 Å². The first-order chi connectivity index (χ1) is 6.63. The smallest absolute Gasteiger partial charge is 0.0149 e. The van der Waals surface area contributed by atoms with Crippen molar-refractivity contribution in [3.05, 3.63) is 46.5 Å². The van der Waals surface area contributed by atoms with Crippen LogP contribution < -0.4 is 12.3 Å². The highest BCUT2D eigenvalue weighted by Crippen LogP contribution is 2.28. The Labute approximate surface area is 97.8 Å². The Balaban J connectivity index is 0.00000112. The van der Waals surface area contributed by atoms with Crippen LogP contribution in [0.25, 0.3) is 10.8 Å². The van der Waals surface area contributed by atoms with E-state index in [0.29, 0.717) is 0 Å². The van der Waals surface area contributed by atoms with E-state index >= 15 is 0 Å². The molecule has 2 heteroatoms. The molecule has 0 amide bonds. The molecule has 16 heavy (non-hydrogen) atoms. The van der Waals surface area contributed by atoms with Crippen LogP contribution in [0.3, 0.4) is 0 Å². The fraction of sp³-hybridized carbons (Fsp3) is 0.286. The summed E-state index contributed by atoms with van der Waals surface area (Å²) in [5.74, 6) is 0. The quantitative estimate of drug-likeness (QED) is 0.688. The van der Waals surface area contributed by atoms with Gasteiger partial charge in [0.2, 0.25) is 0 Å². The normalized spacial score (nSPS) is 9.50. The van der Waals surface area contributed by atoms with Gasteiger partial charge in [0.05, 0.1) is 0 Å². The summed E-state index contributed by atoms with van der Waals surface area (Å²) >= 11 is 0. The third kappa shape index (κ3) is 1.94. The van der Waals surface area contributed by atoms with E-state index in [-0.39, 0.29) is 12.3 Å². The van der Waals surface area contributed by atoms with Gasteiger partial charge in [0, 0.05) is 0 Å². The molecule has 0 fully saturated rings. The number of benzene rings is 2. The van der Waals surface area contributed by atoms with Crippen LogP contribution in [0.1, 0.15) is 22.3 Å². The summed E-state index contributed by atoms with van der Waals surface area (Å²) in [4.78, 5) is 0. The molecule has 0 aromatic heterocycles. The second-order valence-electron chi connectivity index (χ2n) is 4.05. The Morgan fingerprint density at radius 1 is 0.562 bits per heavy atom. The second kappa shape index (κ2) is 5.10. The third-order valence-electron chi connectivity index (χ3n) is 3.42. The van der Waals surface area contributed by atoms with Crippen LogP contribution in [0, 0.1) is 27.7 Å². The van der Waals surface area contributed by atoms with Gasteiger partial charge in [-0.2, -0.15) is 0 Å². The van der Waals surface area contributed by atoms with Crippen LogP contribution in [0.5, 0.6) is 0 Å². The molecule has 0 radical (unpaired) electrons. The number of fused-ring (bicyclic) bond motifs is 1. The molecule has 2 aromatic carbocycles. The molecule has 0 aliphatic rings. The summed E-state index contributed by atoms with van der Waals surface area (Å²) in [5, 5.41) is 2.79. The van der Waals surface area contributed by atoms with Crippen molar-refractivity contribution in [1.29, 1.82) is 0 Å². The van der Waals surface area contributed by atoms with Gasteiger partial charge in [0.1, 0.15) is 0 Å². The molecule has 2 aromatic rings. The molecule has 0 aliphatic heterocycles. The first-order valence-electron chi connectivity index (χ1n) is 5.08. The van der Waals surface area contributed by atoms with Crippen molar-refractivity contribution >= 4 is 10.8 Å². The molecule has 6 N–H and O–H groups in total. The highest BCUT2D eigenvalue weighted by Gasteiger charge is 2.07. The minimum Gasteiger partial charge on any atom is -0.344 e. The number of hydrogen-bond donors (Lipinski definition) is 2. The minimum atomic E-state index is 0. The Hall–Kier alpha value is -1.38. The summed E-state index contributed by atoms with van der Waals surface area (Å²) in [7, 11) is 0. The average Bonchev–Trinajstić information content (AvgIpc) is 2.23. The van der Waals surface area contributed by atoms with Crippen molar-refractivity contribution in [1.82, 2.24) is 12.3 Å². The summed E-state index contributed by atoms with van der Waals surface area (Å²) in [5.41, 5.74) is 5.70. The molecule has 2 rings (SSSR count). The van der Waals surface area contributed by atoms with Crippen molar-refractivity contribution in [2.24, 2.45) is 0 Å². The van der Waals surface area contributed by atoms with Crippen molar-refractivity contribution in [3.63, 3.8) is 0 Å². The lowest BCUT2D eigenvalue weighted by Gasteiger charge is -2.13. The van der Waals surface area contributed by atoms with Gasteiger partial charge in [0.25, 0.3) is 0 Å². The number of aryl methyl sites for hydroxylation is 2. The Morgan fingerprint density at radius 2 is 0.875 bits per heavy atom. The molecule has 0 aliphatic carbocycles. The number of rotatable bonds is 0. The van der Waals surface area contributed by atoms with Crippen LogP contribution in [-0.4, -0.2) is 0 Å². The largest absolute Gasteiger partial charge is 0.344 e. The zero-order valence-electron chi connectivity index (χ0n) is 10.7. The van der Waals surface area contributed by atoms with Gasteiger partial charge in [-0.3, -0.25) is 0 Å². The van der Waals surface area contributed by atoms with Crippen LogP contribution in [0.4, 0.5) is 0 Å². The van der Waals surface area contributed by atoms with Crippen LogP contribution in [-0.2, 0) is 0 Å². The van der Waals surface area contributed by atoms with E-state index in [1.807, 2.05) is 0 Å². The van der Waals surface area contributed by atoms with Gasteiger partial charge < -0.3 is 12.3 Å². The van der Waals surface area contributed by atoms with Crippen molar-refractivity contribution in [3.8, 4) is 0 Å². The maximum absolute atomic E-state index is 2.21. The number of hydrogen-bond acceptors (Lipinski definition) is 2. The summed E-state index contributed by atoms with van der Waals surface area (Å²) in [6, 6.07) is 8.65. The molecule has 0 heterocycles. The van der Waals surface area contributed by atoms with Gasteiger partial charge in [-0.15, -0.1) is 0 Å². The maximum Gasteiger partial charge on any atom is -0.0149 e. The topological polar surface area (TPSA) is 70.0 Å². The lowest BCUT2D eigenvalue weighted by molar-refractivity contribution is 1.25. The molecule has 0 spiro atoms. The SMILES string of the molecule is Cc1c(C)c(C)c2ccccc2c1C.N.N. The molecule has 0 bridgehead atoms. The molecule has 0 saturated carbocycles. The van der Waals surface area contributed by atoms with Crippen molar-refractivity contribution < 1.29 is 0 Å². The lowest BCUT2D eigenvalue weighted by Crippen LogP contribution is -1.93. The first-order valence-corrected chi connectivity index (χ1v) is 5.08. The Kier molecular flexibility index (Phi) is 4.66. The minimum absolute atomic E-state index is 0. The van der Waals surface area contributed by atoms with Crippen LogP contribution in [0.2, 0.25) is 0 Å². The molecule has 88 valence electrons. The Morgan fingerprint density at radius 3 is 1.19 bits per heavy atom. The molecule has 2 nitrogen and oxygen atoms in total. The van der Waals surface area contributed by atoms with Gasteiger partial charge in [-0.25, -0.2) is 0 Å². The van der Waals surface area contributed by atoms with Gasteiger partial charge >= 0.3 is 0 Å². The van der Waals surface area contributed by atoms with E-state index in [1.165, 1.54) is 33.0 Å². The molecule has 0 atom stereocenters. The van der Waals surface area contributed by atoms with Gasteiger partial charge in [0.15, 0.2) is 0 Å². The van der Waals surface area contributed by atoms with Gasteiger partial charge in [-0.05, 0) is 60.7 Å². The maximum atomic E-state index is 2.21.